The Hall–Kier alpha value is -1.32. The number of hydrogen-bond acceptors (Lipinski definition) is 4. The molecule has 1 rings (SSSR count). The number of ether oxygens (including phenoxy) is 2. The molecule has 4 heteroatoms. The first-order valence-corrected chi connectivity index (χ1v) is 5.10. The molecule has 84 valence electrons. The number of hydrogen-bond donors (Lipinski definition) is 0. The second-order valence-electron chi connectivity index (χ2n) is 3.43. The maximum absolute atomic E-state index is 11.6. The van der Waals surface area contributed by atoms with Crippen molar-refractivity contribution in [1.29, 1.82) is 0 Å². The molecule has 0 heterocycles. The minimum absolute atomic E-state index is 0.308. The Bertz CT molecular complexity index is 270. The first kappa shape index (κ1) is 11.8. The fourth-order valence-corrected chi connectivity index (χ4v) is 1.74. The van der Waals surface area contributed by atoms with Crippen molar-refractivity contribution in [3.05, 3.63) is 12.2 Å². The predicted molar refractivity (Wildman–Crippen MR) is 54.0 cm³/mol. The Labute approximate surface area is 89.2 Å². The summed E-state index contributed by atoms with van der Waals surface area (Å²) in [5, 5.41) is 0. The molecule has 2 atom stereocenters. The minimum atomic E-state index is -0.390. The van der Waals surface area contributed by atoms with Gasteiger partial charge >= 0.3 is 11.9 Å². The van der Waals surface area contributed by atoms with Gasteiger partial charge in [-0.15, -0.1) is 0 Å². The van der Waals surface area contributed by atoms with Crippen LogP contribution in [0.1, 0.15) is 19.8 Å². The third kappa shape index (κ3) is 2.81. The van der Waals surface area contributed by atoms with Crippen LogP contribution in [-0.2, 0) is 19.1 Å². The van der Waals surface area contributed by atoms with E-state index in [1.165, 1.54) is 7.11 Å². The average Bonchev–Trinajstić information content (AvgIpc) is 2.28. The molecule has 0 saturated carbocycles. The summed E-state index contributed by atoms with van der Waals surface area (Å²) in [7, 11) is 1.34. The first-order valence-electron chi connectivity index (χ1n) is 5.10. The van der Waals surface area contributed by atoms with Crippen molar-refractivity contribution in [3.8, 4) is 0 Å². The molecular weight excluding hydrogens is 196 g/mol. The van der Waals surface area contributed by atoms with Crippen LogP contribution in [0.25, 0.3) is 0 Å². The van der Waals surface area contributed by atoms with Gasteiger partial charge in [-0.05, 0) is 19.8 Å². The standard InChI is InChI=1S/C11H16O4/c1-3-15-11(13)9-7-5-4-6-8(9)10(12)14-2/h4-5,8-9H,3,6-7H2,1-2H3/t8-,9+/m0/s1. The van der Waals surface area contributed by atoms with Gasteiger partial charge in [0.25, 0.3) is 0 Å². The molecule has 4 nitrogen and oxygen atoms in total. The fraction of sp³-hybridized carbons (Fsp3) is 0.636. The van der Waals surface area contributed by atoms with E-state index < -0.39 is 0 Å². The van der Waals surface area contributed by atoms with Crippen molar-refractivity contribution in [1.82, 2.24) is 0 Å². The number of esters is 2. The number of allylic oxidation sites excluding steroid dienone is 2. The molecule has 15 heavy (non-hydrogen) atoms. The van der Waals surface area contributed by atoms with Gasteiger partial charge in [0.1, 0.15) is 0 Å². The molecule has 0 radical (unpaired) electrons. The Morgan fingerprint density at radius 2 is 1.73 bits per heavy atom. The van der Waals surface area contributed by atoms with Gasteiger partial charge in [0.05, 0.1) is 25.6 Å². The van der Waals surface area contributed by atoms with Gasteiger partial charge < -0.3 is 9.47 Å². The zero-order chi connectivity index (χ0) is 11.3. The highest BCUT2D eigenvalue weighted by molar-refractivity contribution is 5.82. The number of carbonyl (C=O) groups excluding carboxylic acids is 2. The lowest BCUT2D eigenvalue weighted by atomic mass is 9.83. The summed E-state index contributed by atoms with van der Waals surface area (Å²) < 4.78 is 9.59. The summed E-state index contributed by atoms with van der Waals surface area (Å²) in [6.07, 6.45) is 4.91. The Morgan fingerprint density at radius 3 is 2.20 bits per heavy atom. The van der Waals surface area contributed by atoms with Gasteiger partial charge in [0, 0.05) is 0 Å². The molecule has 1 aliphatic carbocycles. The van der Waals surface area contributed by atoms with Crippen molar-refractivity contribution < 1.29 is 19.1 Å². The van der Waals surface area contributed by atoms with Crippen molar-refractivity contribution >= 4 is 11.9 Å². The van der Waals surface area contributed by atoms with Crippen molar-refractivity contribution in [2.75, 3.05) is 13.7 Å². The van der Waals surface area contributed by atoms with E-state index >= 15 is 0 Å². The molecule has 0 bridgehead atoms. The molecule has 0 unspecified atom stereocenters. The largest absolute Gasteiger partial charge is 0.469 e. The third-order valence-corrected chi connectivity index (χ3v) is 2.53. The van der Waals surface area contributed by atoms with E-state index in [2.05, 4.69) is 4.74 Å². The highest BCUT2D eigenvalue weighted by atomic mass is 16.5. The van der Waals surface area contributed by atoms with Crippen LogP contribution >= 0.6 is 0 Å². The highest BCUT2D eigenvalue weighted by Crippen LogP contribution is 2.27. The molecular formula is C11H16O4. The first-order chi connectivity index (χ1) is 7.20. The lowest BCUT2D eigenvalue weighted by Crippen LogP contribution is -2.33. The van der Waals surface area contributed by atoms with E-state index in [0.717, 1.165) is 0 Å². The van der Waals surface area contributed by atoms with Crippen LogP contribution in [0.3, 0.4) is 0 Å². The summed E-state index contributed by atoms with van der Waals surface area (Å²) in [4.78, 5) is 23.0. The van der Waals surface area contributed by atoms with Crippen molar-refractivity contribution in [2.45, 2.75) is 19.8 Å². The van der Waals surface area contributed by atoms with Crippen LogP contribution in [-0.4, -0.2) is 25.7 Å². The van der Waals surface area contributed by atoms with E-state index in [0.29, 0.717) is 19.4 Å². The summed E-state index contributed by atoms with van der Waals surface area (Å²) in [6.45, 7) is 2.09. The summed E-state index contributed by atoms with van der Waals surface area (Å²) >= 11 is 0. The quantitative estimate of drug-likeness (QED) is 0.522. The molecule has 0 N–H and O–H groups in total. The monoisotopic (exact) mass is 212 g/mol. The maximum Gasteiger partial charge on any atom is 0.310 e. The summed E-state index contributed by atoms with van der Waals surface area (Å²) in [5.74, 6) is -1.42. The molecule has 0 amide bonds. The smallest absolute Gasteiger partial charge is 0.310 e. The molecule has 0 aromatic carbocycles. The second kappa shape index (κ2) is 5.53. The molecule has 0 aromatic rings. The molecule has 0 spiro atoms. The van der Waals surface area contributed by atoms with Crippen LogP contribution in [0.4, 0.5) is 0 Å². The van der Waals surface area contributed by atoms with Gasteiger partial charge in [-0.3, -0.25) is 9.59 Å². The van der Waals surface area contributed by atoms with Crippen LogP contribution in [0.15, 0.2) is 12.2 Å². The van der Waals surface area contributed by atoms with Gasteiger partial charge in [-0.25, -0.2) is 0 Å². The van der Waals surface area contributed by atoms with Crippen molar-refractivity contribution in [2.24, 2.45) is 11.8 Å². The lowest BCUT2D eigenvalue weighted by molar-refractivity contribution is -0.159. The Kier molecular flexibility index (Phi) is 4.34. The number of methoxy groups -OCH3 is 1. The van der Waals surface area contributed by atoms with E-state index in [1.54, 1.807) is 6.92 Å². The molecule has 1 aliphatic rings. The van der Waals surface area contributed by atoms with E-state index in [4.69, 9.17) is 4.74 Å². The molecule has 0 saturated heterocycles. The SMILES string of the molecule is CCOC(=O)[C@@H]1CC=CC[C@@H]1C(=O)OC. The lowest BCUT2D eigenvalue weighted by Gasteiger charge is -2.24. The van der Waals surface area contributed by atoms with Crippen LogP contribution < -0.4 is 0 Å². The fourth-order valence-electron chi connectivity index (χ4n) is 1.74. The summed E-state index contributed by atoms with van der Waals surface area (Å²) in [6, 6.07) is 0. The molecule has 0 fully saturated rings. The zero-order valence-corrected chi connectivity index (χ0v) is 9.06. The second-order valence-corrected chi connectivity index (χ2v) is 3.43. The third-order valence-electron chi connectivity index (χ3n) is 2.53. The normalized spacial score (nSPS) is 24.7. The van der Waals surface area contributed by atoms with Crippen LogP contribution in [0.5, 0.6) is 0 Å². The van der Waals surface area contributed by atoms with Gasteiger partial charge in [0.2, 0.25) is 0 Å². The highest BCUT2D eigenvalue weighted by Gasteiger charge is 2.35. The maximum atomic E-state index is 11.6. The molecule has 0 aliphatic heterocycles. The zero-order valence-electron chi connectivity index (χ0n) is 9.06. The minimum Gasteiger partial charge on any atom is -0.469 e. The van der Waals surface area contributed by atoms with E-state index in [9.17, 15) is 9.59 Å². The van der Waals surface area contributed by atoms with E-state index in [1.807, 2.05) is 12.2 Å². The number of carbonyl (C=O) groups is 2. The predicted octanol–water partition coefficient (Wildman–Crippen LogP) is 1.30. The van der Waals surface area contributed by atoms with Crippen LogP contribution in [0.2, 0.25) is 0 Å². The van der Waals surface area contributed by atoms with Crippen molar-refractivity contribution in [3.63, 3.8) is 0 Å². The van der Waals surface area contributed by atoms with Crippen LogP contribution in [0, 0.1) is 11.8 Å². The van der Waals surface area contributed by atoms with Gasteiger partial charge in [0.15, 0.2) is 0 Å². The average molecular weight is 212 g/mol. The number of rotatable bonds is 3. The molecule has 0 aromatic heterocycles. The Balaban J connectivity index is 2.70. The topological polar surface area (TPSA) is 52.6 Å². The van der Waals surface area contributed by atoms with E-state index in [-0.39, 0.29) is 23.8 Å². The van der Waals surface area contributed by atoms with Gasteiger partial charge in [-0.2, -0.15) is 0 Å². The summed E-state index contributed by atoms with van der Waals surface area (Å²) in [5.41, 5.74) is 0. The van der Waals surface area contributed by atoms with Gasteiger partial charge in [-0.1, -0.05) is 12.2 Å². The Morgan fingerprint density at radius 1 is 1.20 bits per heavy atom.